The Balaban J connectivity index is 1.84. The minimum atomic E-state index is -0.535. The summed E-state index contributed by atoms with van der Waals surface area (Å²) in [6, 6.07) is 6.06. The van der Waals surface area contributed by atoms with E-state index in [4.69, 9.17) is 9.84 Å². The van der Waals surface area contributed by atoms with E-state index in [0.717, 1.165) is 18.6 Å². The first-order chi connectivity index (χ1) is 9.15. The molecule has 1 aliphatic carbocycles. The maximum absolute atomic E-state index is 11.5. The molecule has 0 radical (unpaired) electrons. The average molecular weight is 263 g/mol. The fraction of sp³-hybridized carbons (Fsp3) is 0.533. The van der Waals surface area contributed by atoms with Gasteiger partial charge in [-0.25, -0.2) is 0 Å². The zero-order valence-corrected chi connectivity index (χ0v) is 11.3. The second-order valence-electron chi connectivity index (χ2n) is 5.08. The highest BCUT2D eigenvalue weighted by molar-refractivity contribution is 5.77. The summed E-state index contributed by atoms with van der Waals surface area (Å²) < 4.78 is 5.47. The number of aryl methyl sites for hydroxylation is 2. The summed E-state index contributed by atoms with van der Waals surface area (Å²) in [6.45, 7) is 1.88. The Morgan fingerprint density at radius 1 is 1.37 bits per heavy atom. The van der Waals surface area contributed by atoms with Gasteiger partial charge < -0.3 is 15.2 Å². The Labute approximate surface area is 113 Å². The van der Waals surface area contributed by atoms with Crippen molar-refractivity contribution >= 4 is 5.91 Å². The number of hydrogen-bond acceptors (Lipinski definition) is 3. The summed E-state index contributed by atoms with van der Waals surface area (Å²) in [6.07, 6.45) is 4.19. The molecule has 1 unspecified atom stereocenters. The molecule has 104 valence electrons. The average Bonchev–Trinajstić information content (AvgIpc) is 2.42. The second kappa shape index (κ2) is 6.57. The van der Waals surface area contributed by atoms with Crippen molar-refractivity contribution in [2.45, 2.75) is 38.7 Å². The third kappa shape index (κ3) is 4.24. The monoisotopic (exact) mass is 263 g/mol. The van der Waals surface area contributed by atoms with E-state index in [2.05, 4.69) is 11.4 Å². The lowest BCUT2D eigenvalue weighted by Gasteiger charge is -2.16. The highest BCUT2D eigenvalue weighted by Gasteiger charge is 2.10. The molecule has 1 aliphatic rings. The molecule has 4 heteroatoms. The van der Waals surface area contributed by atoms with Crippen molar-refractivity contribution in [3.8, 4) is 5.75 Å². The summed E-state index contributed by atoms with van der Waals surface area (Å²) >= 11 is 0. The predicted octanol–water partition coefficient (Wildman–Crippen LogP) is 1.44. The summed E-state index contributed by atoms with van der Waals surface area (Å²) in [5, 5.41) is 11.7. The number of hydrogen-bond donors (Lipinski definition) is 2. The highest BCUT2D eigenvalue weighted by Crippen LogP contribution is 2.25. The van der Waals surface area contributed by atoms with Crippen molar-refractivity contribution in [1.29, 1.82) is 0 Å². The van der Waals surface area contributed by atoms with E-state index in [-0.39, 0.29) is 19.1 Å². The Hall–Kier alpha value is -1.55. The number of ether oxygens (including phenoxy) is 1. The first-order valence-electron chi connectivity index (χ1n) is 6.84. The first-order valence-corrected chi connectivity index (χ1v) is 6.84. The van der Waals surface area contributed by atoms with E-state index in [1.807, 2.05) is 12.1 Å². The maximum Gasteiger partial charge on any atom is 0.258 e. The number of nitrogens with one attached hydrogen (secondary N) is 1. The van der Waals surface area contributed by atoms with Gasteiger partial charge in [-0.05, 0) is 55.9 Å². The van der Waals surface area contributed by atoms with E-state index in [1.165, 1.54) is 24.0 Å². The topological polar surface area (TPSA) is 58.6 Å². The number of benzene rings is 1. The van der Waals surface area contributed by atoms with Crippen LogP contribution in [0.1, 0.15) is 30.9 Å². The zero-order valence-electron chi connectivity index (χ0n) is 11.3. The van der Waals surface area contributed by atoms with E-state index in [0.29, 0.717) is 0 Å². The summed E-state index contributed by atoms with van der Waals surface area (Å²) in [4.78, 5) is 11.5. The normalized spacial score (nSPS) is 15.5. The van der Waals surface area contributed by atoms with Crippen LogP contribution in [-0.2, 0) is 17.6 Å². The Morgan fingerprint density at radius 3 is 2.84 bits per heavy atom. The number of rotatable bonds is 5. The fourth-order valence-electron chi connectivity index (χ4n) is 2.26. The molecule has 4 nitrogen and oxygen atoms in total. The van der Waals surface area contributed by atoms with Gasteiger partial charge in [0.05, 0.1) is 6.10 Å². The largest absolute Gasteiger partial charge is 0.484 e. The number of aliphatic hydroxyl groups excluding tert-OH is 1. The number of carbonyl (C=O) groups is 1. The summed E-state index contributed by atoms with van der Waals surface area (Å²) in [5.74, 6) is 0.534. The Bertz CT molecular complexity index is 443. The van der Waals surface area contributed by atoms with Gasteiger partial charge in [0.25, 0.3) is 5.91 Å². The summed E-state index contributed by atoms with van der Waals surface area (Å²) in [5.41, 5.74) is 2.74. The molecular formula is C15H21NO3. The van der Waals surface area contributed by atoms with Gasteiger partial charge >= 0.3 is 0 Å². The third-order valence-corrected chi connectivity index (χ3v) is 3.28. The molecule has 1 aromatic carbocycles. The lowest BCUT2D eigenvalue weighted by atomic mass is 9.92. The predicted molar refractivity (Wildman–Crippen MR) is 73.3 cm³/mol. The van der Waals surface area contributed by atoms with Crippen LogP contribution in [0.4, 0.5) is 0 Å². The van der Waals surface area contributed by atoms with Crippen molar-refractivity contribution in [3.63, 3.8) is 0 Å². The molecule has 2 rings (SSSR count). The van der Waals surface area contributed by atoms with Crippen LogP contribution in [-0.4, -0.2) is 30.3 Å². The molecule has 1 atom stereocenters. The van der Waals surface area contributed by atoms with Gasteiger partial charge in [-0.2, -0.15) is 0 Å². The molecular weight excluding hydrogens is 242 g/mol. The van der Waals surface area contributed by atoms with Crippen LogP contribution < -0.4 is 10.1 Å². The van der Waals surface area contributed by atoms with E-state index in [9.17, 15) is 4.79 Å². The zero-order chi connectivity index (χ0) is 13.7. The van der Waals surface area contributed by atoms with Crippen LogP contribution in [0.3, 0.4) is 0 Å². The van der Waals surface area contributed by atoms with Crippen LogP contribution in [0.5, 0.6) is 5.75 Å². The molecule has 19 heavy (non-hydrogen) atoms. The highest BCUT2D eigenvalue weighted by atomic mass is 16.5. The Morgan fingerprint density at radius 2 is 2.11 bits per heavy atom. The standard InChI is InChI=1S/C15H21NO3/c1-11(17)9-16-15(18)10-19-14-7-6-12-4-2-3-5-13(12)8-14/h6-8,11,17H,2-5,9-10H2,1H3,(H,16,18). The lowest BCUT2D eigenvalue weighted by molar-refractivity contribution is -0.123. The second-order valence-corrected chi connectivity index (χ2v) is 5.08. The van der Waals surface area contributed by atoms with Crippen molar-refractivity contribution in [3.05, 3.63) is 29.3 Å². The molecule has 0 saturated heterocycles. The van der Waals surface area contributed by atoms with Crippen molar-refractivity contribution in [2.75, 3.05) is 13.2 Å². The number of aliphatic hydroxyl groups is 1. The first kappa shape index (κ1) is 13.9. The van der Waals surface area contributed by atoms with Crippen LogP contribution in [0.25, 0.3) is 0 Å². The molecule has 0 fully saturated rings. The molecule has 1 aromatic rings. The molecule has 2 N–H and O–H groups in total. The van der Waals surface area contributed by atoms with Crippen LogP contribution >= 0.6 is 0 Å². The Kier molecular flexibility index (Phi) is 4.80. The molecule has 0 saturated carbocycles. The molecule has 0 aliphatic heterocycles. The van der Waals surface area contributed by atoms with Gasteiger partial charge in [-0.1, -0.05) is 6.07 Å². The molecule has 0 bridgehead atoms. The van der Waals surface area contributed by atoms with Gasteiger partial charge in [-0.3, -0.25) is 4.79 Å². The van der Waals surface area contributed by atoms with E-state index >= 15 is 0 Å². The molecule has 1 amide bonds. The van der Waals surface area contributed by atoms with Crippen molar-refractivity contribution in [1.82, 2.24) is 5.32 Å². The minimum Gasteiger partial charge on any atom is -0.484 e. The maximum atomic E-state index is 11.5. The van der Waals surface area contributed by atoms with Crippen molar-refractivity contribution < 1.29 is 14.6 Å². The van der Waals surface area contributed by atoms with Gasteiger partial charge in [0.2, 0.25) is 0 Å². The van der Waals surface area contributed by atoms with Gasteiger partial charge in [-0.15, -0.1) is 0 Å². The molecule has 0 aromatic heterocycles. The van der Waals surface area contributed by atoms with Gasteiger partial charge in [0.15, 0.2) is 6.61 Å². The quantitative estimate of drug-likeness (QED) is 0.845. The lowest BCUT2D eigenvalue weighted by Crippen LogP contribution is -2.34. The fourth-order valence-corrected chi connectivity index (χ4v) is 2.26. The van der Waals surface area contributed by atoms with Crippen LogP contribution in [0, 0.1) is 0 Å². The minimum absolute atomic E-state index is 0.00843. The number of fused-ring (bicyclic) bond motifs is 1. The summed E-state index contributed by atoms with van der Waals surface area (Å²) in [7, 11) is 0. The van der Waals surface area contributed by atoms with Gasteiger partial charge in [0, 0.05) is 6.54 Å². The number of carbonyl (C=O) groups excluding carboxylic acids is 1. The van der Waals surface area contributed by atoms with Crippen LogP contribution in [0.15, 0.2) is 18.2 Å². The molecule has 0 heterocycles. The van der Waals surface area contributed by atoms with E-state index < -0.39 is 6.10 Å². The van der Waals surface area contributed by atoms with E-state index in [1.54, 1.807) is 6.92 Å². The number of amides is 1. The SMILES string of the molecule is CC(O)CNC(=O)COc1ccc2c(c1)CCCC2. The van der Waals surface area contributed by atoms with Crippen molar-refractivity contribution in [2.24, 2.45) is 0 Å². The smallest absolute Gasteiger partial charge is 0.258 e. The van der Waals surface area contributed by atoms with Gasteiger partial charge in [0.1, 0.15) is 5.75 Å². The van der Waals surface area contributed by atoms with Crippen LogP contribution in [0.2, 0.25) is 0 Å². The third-order valence-electron chi connectivity index (χ3n) is 3.28. The molecule has 0 spiro atoms.